The topological polar surface area (TPSA) is 61.7 Å². The maximum Gasteiger partial charge on any atom is 0.176 e. The molecule has 0 aromatic heterocycles. The molecule has 0 radical (unpaired) electrons. The second-order valence-corrected chi connectivity index (χ2v) is 7.23. The number of ketones is 1. The van der Waals surface area contributed by atoms with Gasteiger partial charge in [-0.3, -0.25) is 9.79 Å². The van der Waals surface area contributed by atoms with Crippen molar-refractivity contribution in [2.45, 2.75) is 52.6 Å². The fourth-order valence-corrected chi connectivity index (χ4v) is 1.54. The van der Waals surface area contributed by atoms with Crippen molar-refractivity contribution in [3.05, 3.63) is 29.3 Å². The Hall–Kier alpha value is -1.68. The molecular weight excluding hydrogens is 264 g/mol. The third kappa shape index (κ3) is 6.54. The summed E-state index contributed by atoms with van der Waals surface area (Å²) in [5.41, 5.74) is 0.801. The van der Waals surface area contributed by atoms with Crippen LogP contribution in [0.4, 0.5) is 0 Å². The van der Waals surface area contributed by atoms with Crippen molar-refractivity contribution in [2.24, 2.45) is 4.99 Å². The number of aromatic hydroxyl groups is 1. The van der Waals surface area contributed by atoms with Crippen LogP contribution in [0.25, 0.3) is 0 Å². The van der Waals surface area contributed by atoms with Crippen LogP contribution in [-0.2, 0) is 0 Å². The Balaban J connectivity index is 2.91. The van der Waals surface area contributed by atoms with Crippen molar-refractivity contribution < 1.29 is 9.90 Å². The summed E-state index contributed by atoms with van der Waals surface area (Å²) < 4.78 is 0. The van der Waals surface area contributed by atoms with E-state index in [-0.39, 0.29) is 29.2 Å². The van der Waals surface area contributed by atoms with Gasteiger partial charge in [-0.25, -0.2) is 0 Å². The van der Waals surface area contributed by atoms with Gasteiger partial charge in [0.1, 0.15) is 5.75 Å². The Morgan fingerprint density at radius 1 is 1.24 bits per heavy atom. The predicted octanol–water partition coefficient (Wildman–Crippen LogP) is 3.18. The summed E-state index contributed by atoms with van der Waals surface area (Å²) in [7, 11) is 0. The van der Waals surface area contributed by atoms with Crippen molar-refractivity contribution in [3.8, 4) is 5.75 Å². The molecule has 0 fully saturated rings. The summed E-state index contributed by atoms with van der Waals surface area (Å²) in [6, 6.07) is 4.85. The van der Waals surface area contributed by atoms with Gasteiger partial charge in [0.25, 0.3) is 0 Å². The van der Waals surface area contributed by atoms with Crippen LogP contribution >= 0.6 is 0 Å². The van der Waals surface area contributed by atoms with E-state index in [1.807, 2.05) is 41.5 Å². The van der Waals surface area contributed by atoms with E-state index in [9.17, 15) is 9.90 Å². The van der Waals surface area contributed by atoms with Crippen LogP contribution in [0.3, 0.4) is 0 Å². The molecular formula is C17H26N2O2. The molecule has 2 N–H and O–H groups in total. The number of Topliss-reactive ketones (excluding diaryl/α,β-unsaturated/α-hetero) is 1. The molecule has 0 amide bonds. The van der Waals surface area contributed by atoms with E-state index < -0.39 is 0 Å². The summed E-state index contributed by atoms with van der Waals surface area (Å²) in [4.78, 5) is 16.5. The highest BCUT2D eigenvalue weighted by molar-refractivity contribution is 5.99. The molecule has 0 bridgehead atoms. The minimum Gasteiger partial charge on any atom is -0.507 e. The molecule has 0 unspecified atom stereocenters. The molecule has 116 valence electrons. The van der Waals surface area contributed by atoms with Crippen LogP contribution < -0.4 is 5.32 Å². The third-order valence-electron chi connectivity index (χ3n) is 2.72. The molecule has 4 heteroatoms. The Bertz CT molecular complexity index is 535. The second-order valence-electron chi connectivity index (χ2n) is 7.23. The van der Waals surface area contributed by atoms with Crippen LogP contribution in [-0.4, -0.2) is 34.7 Å². The maximum absolute atomic E-state index is 12.2. The van der Waals surface area contributed by atoms with Gasteiger partial charge in [-0.1, -0.05) is 0 Å². The monoisotopic (exact) mass is 290 g/mol. The quantitative estimate of drug-likeness (QED) is 0.661. The maximum atomic E-state index is 12.2. The van der Waals surface area contributed by atoms with Gasteiger partial charge in [-0.2, -0.15) is 0 Å². The van der Waals surface area contributed by atoms with Gasteiger partial charge in [-0.15, -0.1) is 0 Å². The number of carbonyl (C=O) groups excluding carboxylic acids is 1. The zero-order chi connectivity index (χ0) is 16.3. The molecule has 0 spiro atoms. The first kappa shape index (κ1) is 17.4. The molecule has 1 aromatic rings. The summed E-state index contributed by atoms with van der Waals surface area (Å²) in [6.07, 6.45) is 1.61. The lowest BCUT2D eigenvalue weighted by atomic mass is 10.0. The Morgan fingerprint density at radius 2 is 1.86 bits per heavy atom. The van der Waals surface area contributed by atoms with Gasteiger partial charge >= 0.3 is 0 Å². The van der Waals surface area contributed by atoms with Crippen LogP contribution in [0.1, 0.15) is 57.5 Å². The highest BCUT2D eigenvalue weighted by atomic mass is 16.3. The Labute approximate surface area is 127 Å². The third-order valence-corrected chi connectivity index (χ3v) is 2.72. The number of rotatable bonds is 4. The smallest absolute Gasteiger partial charge is 0.176 e. The van der Waals surface area contributed by atoms with E-state index in [0.29, 0.717) is 11.1 Å². The van der Waals surface area contributed by atoms with E-state index >= 15 is 0 Å². The zero-order valence-electron chi connectivity index (χ0n) is 13.8. The molecule has 0 aliphatic rings. The first-order valence-electron chi connectivity index (χ1n) is 7.14. The molecule has 0 atom stereocenters. The van der Waals surface area contributed by atoms with E-state index in [1.165, 1.54) is 6.07 Å². The van der Waals surface area contributed by atoms with Gasteiger partial charge in [0.05, 0.1) is 12.1 Å². The van der Waals surface area contributed by atoms with Gasteiger partial charge in [-0.05, 0) is 59.7 Å². The average molecular weight is 290 g/mol. The Kier molecular flexibility index (Phi) is 5.29. The SMILES string of the molecule is CC(C)(C)N=Cc1cc(C(=O)CNC(C)(C)C)ccc1O. The van der Waals surface area contributed by atoms with Crippen molar-refractivity contribution >= 4 is 12.0 Å². The number of benzene rings is 1. The summed E-state index contributed by atoms with van der Waals surface area (Å²) in [5, 5.41) is 13.0. The highest BCUT2D eigenvalue weighted by Crippen LogP contribution is 2.18. The minimum atomic E-state index is -0.222. The highest BCUT2D eigenvalue weighted by Gasteiger charge is 2.14. The van der Waals surface area contributed by atoms with Gasteiger partial charge < -0.3 is 10.4 Å². The Morgan fingerprint density at radius 3 is 2.38 bits per heavy atom. The molecule has 0 saturated carbocycles. The summed E-state index contributed by atoms with van der Waals surface area (Å²) in [5.74, 6) is 0.124. The number of carbonyl (C=O) groups is 1. The number of aliphatic imine (C=N–C) groups is 1. The lowest BCUT2D eigenvalue weighted by Gasteiger charge is -2.19. The van der Waals surface area contributed by atoms with Crippen LogP contribution in [0.2, 0.25) is 0 Å². The second kappa shape index (κ2) is 6.39. The predicted molar refractivity (Wildman–Crippen MR) is 87.5 cm³/mol. The lowest BCUT2D eigenvalue weighted by molar-refractivity contribution is 0.0982. The normalized spacial score (nSPS) is 12.9. The standard InChI is InChI=1S/C17H26N2O2/c1-16(2,3)18-10-13-9-12(7-8-14(13)20)15(21)11-19-17(4,5)6/h7-10,19-20H,11H2,1-6H3. The van der Waals surface area contributed by atoms with Crippen molar-refractivity contribution in [2.75, 3.05) is 6.54 Å². The number of phenols is 1. The summed E-state index contributed by atoms with van der Waals surface area (Å²) >= 11 is 0. The molecule has 21 heavy (non-hydrogen) atoms. The molecule has 0 aliphatic heterocycles. The lowest BCUT2D eigenvalue weighted by Crippen LogP contribution is -2.39. The number of hydrogen-bond donors (Lipinski definition) is 2. The molecule has 0 saturated heterocycles. The molecule has 0 heterocycles. The molecule has 4 nitrogen and oxygen atoms in total. The van der Waals surface area contributed by atoms with Crippen molar-refractivity contribution in [3.63, 3.8) is 0 Å². The van der Waals surface area contributed by atoms with Crippen molar-refractivity contribution in [1.29, 1.82) is 0 Å². The van der Waals surface area contributed by atoms with Crippen LogP contribution in [0.5, 0.6) is 5.75 Å². The number of nitrogens with one attached hydrogen (secondary N) is 1. The van der Waals surface area contributed by atoms with E-state index in [0.717, 1.165) is 0 Å². The average Bonchev–Trinajstić information content (AvgIpc) is 2.33. The molecule has 1 aromatic carbocycles. The van der Waals surface area contributed by atoms with Crippen LogP contribution in [0, 0.1) is 0 Å². The summed E-state index contributed by atoms with van der Waals surface area (Å²) in [6.45, 7) is 12.2. The van der Waals surface area contributed by atoms with E-state index in [1.54, 1.807) is 18.3 Å². The van der Waals surface area contributed by atoms with Crippen molar-refractivity contribution in [1.82, 2.24) is 5.32 Å². The number of nitrogens with zero attached hydrogens (tertiary/aromatic N) is 1. The zero-order valence-corrected chi connectivity index (χ0v) is 13.8. The largest absolute Gasteiger partial charge is 0.507 e. The van der Waals surface area contributed by atoms with Crippen LogP contribution in [0.15, 0.2) is 23.2 Å². The van der Waals surface area contributed by atoms with E-state index in [4.69, 9.17) is 0 Å². The molecule has 0 aliphatic carbocycles. The minimum absolute atomic E-state index is 0.00432. The van der Waals surface area contributed by atoms with E-state index in [2.05, 4.69) is 10.3 Å². The number of hydrogen-bond acceptors (Lipinski definition) is 4. The first-order valence-corrected chi connectivity index (χ1v) is 7.14. The van der Waals surface area contributed by atoms with Gasteiger partial charge in [0.2, 0.25) is 0 Å². The number of phenolic OH excluding ortho intramolecular Hbond substituents is 1. The van der Waals surface area contributed by atoms with Gasteiger partial charge in [0.15, 0.2) is 5.78 Å². The first-order chi connectivity index (χ1) is 9.48. The van der Waals surface area contributed by atoms with Gasteiger partial charge in [0, 0.05) is 22.9 Å². The molecule has 1 rings (SSSR count). The fraction of sp³-hybridized carbons (Fsp3) is 0.529. The fourth-order valence-electron chi connectivity index (χ4n) is 1.54.